The zero-order valence-corrected chi connectivity index (χ0v) is 12.0. The van der Waals surface area contributed by atoms with Crippen molar-refractivity contribution in [3.05, 3.63) is 18.2 Å². The molecule has 0 unspecified atom stereocenters. The smallest absolute Gasteiger partial charge is 0.105 e. The highest BCUT2D eigenvalue weighted by Crippen LogP contribution is 2.30. The van der Waals surface area contributed by atoms with Crippen molar-refractivity contribution >= 4 is 17.2 Å². The van der Waals surface area contributed by atoms with Crippen LogP contribution in [0.3, 0.4) is 0 Å². The number of nitrogens with zero attached hydrogens (tertiary/aromatic N) is 3. The maximum atomic E-state index is 5.82. The van der Waals surface area contributed by atoms with Gasteiger partial charge in [0.15, 0.2) is 0 Å². The zero-order valence-electron chi connectivity index (χ0n) is 11.2. The second-order valence-corrected chi connectivity index (χ2v) is 5.87. The number of imidazole rings is 1. The largest absolute Gasteiger partial charge is 0.393 e. The van der Waals surface area contributed by atoms with Crippen LogP contribution in [0.5, 0.6) is 0 Å². The van der Waals surface area contributed by atoms with Crippen molar-refractivity contribution in [3.63, 3.8) is 0 Å². The number of hydrogen-bond acceptors (Lipinski definition) is 3. The molecule has 1 aromatic rings. The van der Waals surface area contributed by atoms with E-state index in [0.29, 0.717) is 4.99 Å². The van der Waals surface area contributed by atoms with Crippen molar-refractivity contribution < 1.29 is 0 Å². The van der Waals surface area contributed by atoms with Gasteiger partial charge in [-0.1, -0.05) is 19.1 Å². The lowest BCUT2D eigenvalue weighted by Crippen LogP contribution is -2.45. The van der Waals surface area contributed by atoms with Gasteiger partial charge in [0.1, 0.15) is 5.82 Å². The molecule has 0 aliphatic carbocycles. The second-order valence-electron chi connectivity index (χ2n) is 5.43. The van der Waals surface area contributed by atoms with Gasteiger partial charge in [0.25, 0.3) is 0 Å². The molecule has 2 N–H and O–H groups in total. The summed E-state index contributed by atoms with van der Waals surface area (Å²) in [5.74, 6) is 1.08. The molecular formula is C13H22N4S. The van der Waals surface area contributed by atoms with Crippen LogP contribution in [0.25, 0.3) is 0 Å². The molecule has 0 saturated carbocycles. The molecule has 1 aliphatic heterocycles. The van der Waals surface area contributed by atoms with E-state index in [2.05, 4.69) is 21.4 Å². The van der Waals surface area contributed by atoms with Crippen molar-refractivity contribution in [2.45, 2.75) is 33.2 Å². The summed E-state index contributed by atoms with van der Waals surface area (Å²) >= 11 is 5.16. The zero-order chi connectivity index (χ0) is 13.2. The first-order valence-electron chi connectivity index (χ1n) is 6.51. The van der Waals surface area contributed by atoms with Gasteiger partial charge >= 0.3 is 0 Å². The Bertz CT molecular complexity index is 418. The van der Waals surface area contributed by atoms with Gasteiger partial charge in [0.2, 0.25) is 0 Å². The van der Waals surface area contributed by atoms with Crippen molar-refractivity contribution in [1.82, 2.24) is 14.5 Å². The summed E-state index contributed by atoms with van der Waals surface area (Å²) in [6.45, 7) is 8.48. The van der Waals surface area contributed by atoms with Crippen molar-refractivity contribution in [2.24, 2.45) is 11.1 Å². The summed E-state index contributed by atoms with van der Waals surface area (Å²) in [7, 11) is 0. The predicted molar refractivity (Wildman–Crippen MR) is 77.5 cm³/mol. The third-order valence-corrected chi connectivity index (χ3v) is 4.63. The van der Waals surface area contributed by atoms with Crippen LogP contribution in [-0.4, -0.2) is 39.1 Å². The summed E-state index contributed by atoms with van der Waals surface area (Å²) in [5, 5.41) is 0. The number of thiocarbonyl (C=S) groups is 1. The molecule has 100 valence electrons. The van der Waals surface area contributed by atoms with Crippen molar-refractivity contribution in [2.75, 3.05) is 19.6 Å². The van der Waals surface area contributed by atoms with Crippen molar-refractivity contribution in [3.8, 4) is 0 Å². The van der Waals surface area contributed by atoms with Gasteiger partial charge in [0.05, 0.1) is 4.99 Å². The van der Waals surface area contributed by atoms with Crippen LogP contribution in [0, 0.1) is 12.3 Å². The molecule has 0 amide bonds. The Kier molecular flexibility index (Phi) is 4.02. The lowest BCUT2D eigenvalue weighted by Gasteiger charge is -2.38. The number of aromatic nitrogens is 2. The number of aryl methyl sites for hydroxylation is 1. The minimum absolute atomic E-state index is 0.0662. The fraction of sp³-hybridized carbons (Fsp3) is 0.692. The molecule has 0 bridgehead atoms. The highest BCUT2D eigenvalue weighted by molar-refractivity contribution is 7.80. The third kappa shape index (κ3) is 2.90. The molecule has 1 aromatic heterocycles. The highest BCUT2D eigenvalue weighted by atomic mass is 32.1. The van der Waals surface area contributed by atoms with Crippen LogP contribution in [0.1, 0.15) is 25.6 Å². The Hall–Kier alpha value is -0.940. The molecule has 18 heavy (non-hydrogen) atoms. The average Bonchev–Trinajstić information content (AvgIpc) is 2.74. The molecule has 1 saturated heterocycles. The molecule has 0 atom stereocenters. The summed E-state index contributed by atoms with van der Waals surface area (Å²) in [6, 6.07) is 0. The molecule has 0 radical (unpaired) electrons. The lowest BCUT2D eigenvalue weighted by atomic mass is 9.80. The normalized spacial score (nSPS) is 19.9. The Morgan fingerprint density at radius 3 is 2.61 bits per heavy atom. The van der Waals surface area contributed by atoms with E-state index >= 15 is 0 Å². The van der Waals surface area contributed by atoms with E-state index in [4.69, 9.17) is 18.0 Å². The number of rotatable bonds is 4. The topological polar surface area (TPSA) is 47.1 Å². The van der Waals surface area contributed by atoms with E-state index in [1.165, 1.54) is 0 Å². The summed E-state index contributed by atoms with van der Waals surface area (Å²) in [5.41, 5.74) is 5.88. The fourth-order valence-electron chi connectivity index (χ4n) is 2.41. The molecule has 2 heterocycles. The van der Waals surface area contributed by atoms with Crippen LogP contribution in [0.4, 0.5) is 0 Å². The molecule has 5 heteroatoms. The van der Waals surface area contributed by atoms with Crippen LogP contribution >= 0.6 is 12.2 Å². The lowest BCUT2D eigenvalue weighted by molar-refractivity contribution is 0.159. The van der Waals surface area contributed by atoms with E-state index in [9.17, 15) is 0 Å². The Balaban J connectivity index is 1.81. The molecule has 1 fully saturated rings. The van der Waals surface area contributed by atoms with Gasteiger partial charge in [-0.25, -0.2) is 4.98 Å². The van der Waals surface area contributed by atoms with Gasteiger partial charge in [0, 0.05) is 30.9 Å². The predicted octanol–water partition coefficient (Wildman–Crippen LogP) is 1.58. The first-order valence-corrected chi connectivity index (χ1v) is 6.92. The van der Waals surface area contributed by atoms with E-state index in [1.54, 1.807) is 0 Å². The summed E-state index contributed by atoms with van der Waals surface area (Å²) < 4.78 is 2.20. The minimum Gasteiger partial charge on any atom is -0.393 e. The van der Waals surface area contributed by atoms with E-state index in [1.807, 2.05) is 19.3 Å². The van der Waals surface area contributed by atoms with Crippen LogP contribution in [0.15, 0.2) is 12.4 Å². The number of nitrogens with two attached hydrogens (primary N) is 1. The number of likely N-dealkylation sites (tertiary alicyclic amines) is 1. The molecule has 4 nitrogen and oxygen atoms in total. The SMILES string of the molecule is Cc1nccn1CCN1CCC(C)(C(N)=S)CC1. The Labute approximate surface area is 114 Å². The van der Waals surface area contributed by atoms with Crippen molar-refractivity contribution in [1.29, 1.82) is 0 Å². The maximum Gasteiger partial charge on any atom is 0.105 e. The summed E-state index contributed by atoms with van der Waals surface area (Å²) in [4.78, 5) is 7.40. The van der Waals surface area contributed by atoms with Crippen LogP contribution < -0.4 is 5.73 Å². The fourth-order valence-corrected chi connectivity index (χ4v) is 2.61. The monoisotopic (exact) mass is 266 g/mol. The first kappa shape index (κ1) is 13.5. The Morgan fingerprint density at radius 1 is 1.44 bits per heavy atom. The van der Waals surface area contributed by atoms with E-state index < -0.39 is 0 Å². The summed E-state index contributed by atoms with van der Waals surface area (Å²) in [6.07, 6.45) is 6.05. The maximum absolute atomic E-state index is 5.82. The average molecular weight is 266 g/mol. The van der Waals surface area contributed by atoms with Gasteiger partial charge in [-0.05, 0) is 32.9 Å². The standard InChI is InChI=1S/C13H22N4S/c1-11-15-5-8-17(11)10-9-16-6-3-13(2,4-7-16)12(14)18/h5,8H,3-4,6-7,9-10H2,1-2H3,(H2,14,18). The molecule has 0 aromatic carbocycles. The number of hydrogen-bond donors (Lipinski definition) is 1. The van der Waals surface area contributed by atoms with E-state index in [-0.39, 0.29) is 5.41 Å². The quantitative estimate of drug-likeness (QED) is 0.841. The van der Waals surface area contributed by atoms with Gasteiger partial charge in [-0.3, -0.25) is 0 Å². The third-order valence-electron chi connectivity index (χ3n) is 4.14. The minimum atomic E-state index is 0.0662. The first-order chi connectivity index (χ1) is 8.51. The van der Waals surface area contributed by atoms with Gasteiger partial charge in [-0.15, -0.1) is 0 Å². The van der Waals surface area contributed by atoms with E-state index in [0.717, 1.165) is 44.8 Å². The molecule has 0 spiro atoms. The second kappa shape index (κ2) is 5.36. The Morgan fingerprint density at radius 2 is 2.11 bits per heavy atom. The molecule has 1 aliphatic rings. The number of piperidine rings is 1. The van der Waals surface area contributed by atoms with Gasteiger partial charge in [-0.2, -0.15) is 0 Å². The van der Waals surface area contributed by atoms with Crippen LogP contribution in [0.2, 0.25) is 0 Å². The van der Waals surface area contributed by atoms with Gasteiger partial charge < -0.3 is 15.2 Å². The molecule has 2 rings (SSSR count). The molecular weight excluding hydrogens is 244 g/mol. The highest BCUT2D eigenvalue weighted by Gasteiger charge is 2.32. The van der Waals surface area contributed by atoms with Crippen LogP contribution in [-0.2, 0) is 6.54 Å².